The molecule has 1 aliphatic heterocycles. The van der Waals surface area contributed by atoms with E-state index in [1.165, 1.54) is 19.1 Å². The Kier molecular flexibility index (Phi) is 6.62. The number of hydrogen-bond acceptors (Lipinski definition) is 4. The predicted molar refractivity (Wildman–Crippen MR) is 108 cm³/mol. The summed E-state index contributed by atoms with van der Waals surface area (Å²) in [6.07, 6.45) is -5.04. The number of nitrogens with one attached hydrogen (secondary N) is 2. The largest absolute Gasteiger partial charge is 0.416 e. The Morgan fingerprint density at radius 2 is 1.90 bits per heavy atom. The lowest BCUT2D eigenvalue weighted by Crippen LogP contribution is -2.48. The number of carbonyl (C=O) groups excluding carboxylic acids is 2. The third kappa shape index (κ3) is 5.84. The zero-order valence-corrected chi connectivity index (χ0v) is 17.0. The molecule has 3 rings (SSSR count). The number of nitrogens with zero attached hydrogens (tertiary/aromatic N) is 1. The quantitative estimate of drug-likeness (QED) is 0.734. The molecule has 0 spiro atoms. The summed E-state index contributed by atoms with van der Waals surface area (Å²) < 4.78 is 38.4. The maximum atomic E-state index is 12.8. The van der Waals surface area contributed by atoms with Gasteiger partial charge in [0.05, 0.1) is 11.3 Å². The molecule has 2 atom stereocenters. The van der Waals surface area contributed by atoms with Crippen LogP contribution in [-0.2, 0) is 27.1 Å². The highest BCUT2D eigenvalue weighted by Crippen LogP contribution is 2.29. The molecule has 0 fully saturated rings. The molecule has 6 nitrogen and oxygen atoms in total. The van der Waals surface area contributed by atoms with Crippen LogP contribution in [0.1, 0.15) is 35.6 Å². The van der Waals surface area contributed by atoms with E-state index >= 15 is 0 Å². The average molecular weight is 433 g/mol. The molecule has 0 unspecified atom stereocenters. The van der Waals surface area contributed by atoms with Crippen molar-refractivity contribution in [1.82, 2.24) is 10.6 Å². The number of hydrogen-bond donors (Lipinski definition) is 2. The van der Waals surface area contributed by atoms with Crippen molar-refractivity contribution in [2.45, 2.75) is 45.1 Å². The van der Waals surface area contributed by atoms with Crippen molar-refractivity contribution in [3.63, 3.8) is 0 Å². The second-order valence-corrected chi connectivity index (χ2v) is 7.35. The maximum Gasteiger partial charge on any atom is 0.416 e. The number of alkyl halides is 3. The summed E-state index contributed by atoms with van der Waals surface area (Å²) in [5.41, 5.74) is 2.11. The molecule has 31 heavy (non-hydrogen) atoms. The summed E-state index contributed by atoms with van der Waals surface area (Å²) in [5.74, 6) is -1.02. The first kappa shape index (κ1) is 22.3. The molecular formula is C22H22F3N3O3. The summed E-state index contributed by atoms with van der Waals surface area (Å²) in [5, 5.41) is 9.03. The van der Waals surface area contributed by atoms with Crippen LogP contribution in [0.25, 0.3) is 0 Å². The van der Waals surface area contributed by atoms with E-state index in [0.29, 0.717) is 11.3 Å². The molecule has 2 amide bonds. The number of rotatable bonds is 6. The molecular weight excluding hydrogens is 411 g/mol. The van der Waals surface area contributed by atoms with Gasteiger partial charge in [0.15, 0.2) is 0 Å². The minimum absolute atomic E-state index is 0.0937. The van der Waals surface area contributed by atoms with Crippen LogP contribution in [-0.4, -0.2) is 29.7 Å². The number of aryl methyl sites for hydroxylation is 1. The second-order valence-electron chi connectivity index (χ2n) is 7.35. The van der Waals surface area contributed by atoms with Crippen LogP contribution >= 0.6 is 0 Å². The summed E-state index contributed by atoms with van der Waals surface area (Å²) in [4.78, 5) is 29.9. The topological polar surface area (TPSA) is 79.8 Å². The molecule has 0 saturated carbocycles. The SMILES string of the molecule is Cc1ccc(C2=NO[C@@H](C(=O)N[C@@H](C)C(=O)NCc3cccc(C(F)(F)F)c3)C2)cc1. The van der Waals surface area contributed by atoms with Gasteiger partial charge in [0.2, 0.25) is 12.0 Å². The summed E-state index contributed by atoms with van der Waals surface area (Å²) in [7, 11) is 0. The zero-order chi connectivity index (χ0) is 22.6. The number of halogens is 3. The van der Waals surface area contributed by atoms with E-state index in [9.17, 15) is 22.8 Å². The van der Waals surface area contributed by atoms with Crippen molar-refractivity contribution in [3.05, 3.63) is 70.8 Å². The van der Waals surface area contributed by atoms with Gasteiger partial charge in [0.1, 0.15) is 6.04 Å². The number of amides is 2. The monoisotopic (exact) mass is 433 g/mol. The first-order valence-electron chi connectivity index (χ1n) is 9.67. The first-order valence-corrected chi connectivity index (χ1v) is 9.67. The van der Waals surface area contributed by atoms with Gasteiger partial charge in [-0.05, 0) is 37.1 Å². The highest BCUT2D eigenvalue weighted by atomic mass is 19.4. The lowest BCUT2D eigenvalue weighted by Gasteiger charge is -2.16. The number of benzene rings is 2. The fourth-order valence-corrected chi connectivity index (χ4v) is 3.01. The highest BCUT2D eigenvalue weighted by molar-refractivity contribution is 6.04. The van der Waals surface area contributed by atoms with Crippen LogP contribution in [0.4, 0.5) is 13.2 Å². The summed E-state index contributed by atoms with van der Waals surface area (Å²) >= 11 is 0. The van der Waals surface area contributed by atoms with E-state index in [1.807, 2.05) is 31.2 Å². The molecule has 1 heterocycles. The van der Waals surface area contributed by atoms with Gasteiger partial charge in [0, 0.05) is 13.0 Å². The molecule has 9 heteroatoms. The Hall–Kier alpha value is -3.36. The van der Waals surface area contributed by atoms with Crippen molar-refractivity contribution in [3.8, 4) is 0 Å². The molecule has 0 bridgehead atoms. The van der Waals surface area contributed by atoms with Crippen LogP contribution in [0.15, 0.2) is 53.7 Å². The van der Waals surface area contributed by atoms with Crippen LogP contribution < -0.4 is 10.6 Å². The smallest absolute Gasteiger partial charge is 0.382 e. The van der Waals surface area contributed by atoms with Gasteiger partial charge in [-0.2, -0.15) is 13.2 Å². The van der Waals surface area contributed by atoms with Gasteiger partial charge >= 0.3 is 6.18 Å². The minimum Gasteiger partial charge on any atom is -0.382 e. The molecule has 2 aromatic carbocycles. The van der Waals surface area contributed by atoms with E-state index in [1.54, 1.807) is 0 Å². The summed E-state index contributed by atoms with van der Waals surface area (Å²) in [6.45, 7) is 3.35. The molecule has 2 N–H and O–H groups in total. The van der Waals surface area contributed by atoms with Gasteiger partial charge in [0.25, 0.3) is 5.91 Å². The van der Waals surface area contributed by atoms with Crippen molar-refractivity contribution < 1.29 is 27.6 Å². The Balaban J connectivity index is 1.49. The molecule has 0 aliphatic carbocycles. The third-order valence-corrected chi connectivity index (χ3v) is 4.82. The standard InChI is InChI=1S/C22H22F3N3O3/c1-13-6-8-16(9-7-13)18-11-19(31-28-18)21(30)27-14(2)20(29)26-12-15-4-3-5-17(10-15)22(23,24)25/h3-10,14,19H,11-12H2,1-2H3,(H,26,29)(H,27,30)/t14-,19+/m0/s1. The Morgan fingerprint density at radius 1 is 1.19 bits per heavy atom. The minimum atomic E-state index is -4.46. The highest BCUT2D eigenvalue weighted by Gasteiger charge is 2.31. The normalized spacial score (nSPS) is 16.8. The number of oxime groups is 1. The predicted octanol–water partition coefficient (Wildman–Crippen LogP) is 3.33. The fraction of sp³-hybridized carbons (Fsp3) is 0.318. The molecule has 0 aromatic heterocycles. The van der Waals surface area contributed by atoms with Gasteiger partial charge in [-0.15, -0.1) is 0 Å². The molecule has 0 radical (unpaired) electrons. The van der Waals surface area contributed by atoms with E-state index < -0.39 is 35.7 Å². The number of carbonyl (C=O) groups is 2. The molecule has 0 saturated heterocycles. The van der Waals surface area contributed by atoms with Crippen LogP contribution in [0.2, 0.25) is 0 Å². The van der Waals surface area contributed by atoms with Gasteiger partial charge in [-0.1, -0.05) is 47.1 Å². The van der Waals surface area contributed by atoms with Crippen molar-refractivity contribution in [2.24, 2.45) is 5.16 Å². The zero-order valence-electron chi connectivity index (χ0n) is 17.0. The van der Waals surface area contributed by atoms with E-state index in [0.717, 1.165) is 23.3 Å². The lowest BCUT2D eigenvalue weighted by molar-refractivity contribution is -0.137. The summed E-state index contributed by atoms with van der Waals surface area (Å²) in [6, 6.07) is 11.4. The van der Waals surface area contributed by atoms with Crippen molar-refractivity contribution in [1.29, 1.82) is 0 Å². The van der Waals surface area contributed by atoms with Crippen LogP contribution in [0.5, 0.6) is 0 Å². The van der Waals surface area contributed by atoms with Gasteiger partial charge in [-0.25, -0.2) is 0 Å². The molecule has 164 valence electrons. The van der Waals surface area contributed by atoms with Crippen molar-refractivity contribution in [2.75, 3.05) is 0 Å². The van der Waals surface area contributed by atoms with Gasteiger partial charge < -0.3 is 15.5 Å². The van der Waals surface area contributed by atoms with E-state index in [4.69, 9.17) is 4.84 Å². The Morgan fingerprint density at radius 3 is 2.58 bits per heavy atom. The molecule has 1 aliphatic rings. The first-order chi connectivity index (χ1) is 14.6. The second kappa shape index (κ2) is 9.20. The molecule has 2 aromatic rings. The Bertz CT molecular complexity index is 987. The average Bonchev–Trinajstić information content (AvgIpc) is 3.22. The maximum absolute atomic E-state index is 12.8. The van der Waals surface area contributed by atoms with Crippen LogP contribution in [0.3, 0.4) is 0 Å². The van der Waals surface area contributed by atoms with E-state index in [-0.39, 0.29) is 13.0 Å². The fourth-order valence-electron chi connectivity index (χ4n) is 3.01. The van der Waals surface area contributed by atoms with E-state index in [2.05, 4.69) is 15.8 Å². The van der Waals surface area contributed by atoms with Crippen molar-refractivity contribution >= 4 is 17.5 Å². The Labute approximate surface area is 177 Å². The van der Waals surface area contributed by atoms with Crippen LogP contribution in [0, 0.1) is 6.92 Å². The lowest BCUT2D eigenvalue weighted by atomic mass is 10.0. The van der Waals surface area contributed by atoms with Gasteiger partial charge in [-0.3, -0.25) is 9.59 Å². The third-order valence-electron chi connectivity index (χ3n) is 4.82.